The molecule has 0 unspecified atom stereocenters. The smallest absolute Gasteiger partial charge is 0.293 e. The molecule has 1 aliphatic rings. The number of rotatable bonds is 7. The molecule has 0 saturated heterocycles. The van der Waals surface area contributed by atoms with Crippen molar-refractivity contribution in [2.24, 2.45) is 0 Å². The van der Waals surface area contributed by atoms with E-state index in [0.717, 1.165) is 18.9 Å². The molecule has 0 aliphatic heterocycles. The molecule has 1 aromatic carbocycles. The van der Waals surface area contributed by atoms with Crippen molar-refractivity contribution >= 4 is 21.4 Å². The zero-order chi connectivity index (χ0) is 18.6. The largest absolute Gasteiger partial charge is 0.393 e. The lowest BCUT2D eigenvalue weighted by molar-refractivity contribution is -0.384. The van der Waals surface area contributed by atoms with Gasteiger partial charge in [-0.1, -0.05) is 13.8 Å². The van der Waals surface area contributed by atoms with Gasteiger partial charge in [-0.15, -0.1) is 0 Å². The average Bonchev–Trinajstić information content (AvgIpc) is 2.57. The maximum atomic E-state index is 12.6. The minimum absolute atomic E-state index is 0.0346. The Morgan fingerprint density at radius 2 is 1.84 bits per heavy atom. The van der Waals surface area contributed by atoms with E-state index in [4.69, 9.17) is 0 Å². The predicted octanol–water partition coefficient (Wildman–Crippen LogP) is 2.34. The molecule has 0 atom stereocenters. The number of benzene rings is 1. The Labute approximate surface area is 148 Å². The Morgan fingerprint density at radius 3 is 2.36 bits per heavy atom. The highest BCUT2D eigenvalue weighted by molar-refractivity contribution is 7.89. The first kappa shape index (κ1) is 19.6. The third kappa shape index (κ3) is 4.47. The van der Waals surface area contributed by atoms with Gasteiger partial charge in [0, 0.05) is 25.2 Å². The van der Waals surface area contributed by atoms with Crippen LogP contribution in [0.5, 0.6) is 0 Å². The summed E-state index contributed by atoms with van der Waals surface area (Å²) in [6.07, 6.45) is 2.43. The topological polar surface area (TPSA) is 113 Å². The third-order valence-electron chi connectivity index (χ3n) is 4.57. The van der Waals surface area contributed by atoms with Crippen molar-refractivity contribution in [2.45, 2.75) is 56.6 Å². The van der Waals surface area contributed by atoms with Crippen molar-refractivity contribution in [1.82, 2.24) is 4.31 Å². The van der Waals surface area contributed by atoms with Crippen molar-refractivity contribution < 1.29 is 18.4 Å². The second kappa shape index (κ2) is 8.11. The van der Waals surface area contributed by atoms with E-state index in [1.165, 1.54) is 16.4 Å². The van der Waals surface area contributed by atoms with Gasteiger partial charge in [-0.2, -0.15) is 4.31 Å². The molecule has 8 nitrogen and oxygen atoms in total. The van der Waals surface area contributed by atoms with Crippen LogP contribution >= 0.6 is 0 Å². The van der Waals surface area contributed by atoms with Crippen LogP contribution in [0, 0.1) is 10.1 Å². The summed E-state index contributed by atoms with van der Waals surface area (Å²) < 4.78 is 26.4. The monoisotopic (exact) mass is 371 g/mol. The molecule has 0 radical (unpaired) electrons. The summed E-state index contributed by atoms with van der Waals surface area (Å²) in [4.78, 5) is 10.8. The highest BCUT2D eigenvalue weighted by Gasteiger charge is 2.27. The van der Waals surface area contributed by atoms with Gasteiger partial charge in [-0.25, -0.2) is 8.42 Å². The average molecular weight is 371 g/mol. The first-order valence-corrected chi connectivity index (χ1v) is 9.96. The zero-order valence-electron chi connectivity index (χ0n) is 14.5. The fourth-order valence-corrected chi connectivity index (χ4v) is 4.58. The SMILES string of the molecule is CCN(CC)S(=O)(=O)c1ccc(NC2CCC(O)CC2)c([N+](=O)[O-])c1. The van der Waals surface area contributed by atoms with E-state index >= 15 is 0 Å². The van der Waals surface area contributed by atoms with Crippen molar-refractivity contribution in [3.63, 3.8) is 0 Å². The van der Waals surface area contributed by atoms with Crippen LogP contribution in [0.3, 0.4) is 0 Å². The third-order valence-corrected chi connectivity index (χ3v) is 6.61. The lowest BCUT2D eigenvalue weighted by Crippen LogP contribution is -2.31. The summed E-state index contributed by atoms with van der Waals surface area (Å²) in [7, 11) is -3.75. The van der Waals surface area contributed by atoms with E-state index in [1.54, 1.807) is 13.8 Å². The van der Waals surface area contributed by atoms with Gasteiger partial charge in [0.25, 0.3) is 5.69 Å². The number of nitrogens with zero attached hydrogens (tertiary/aromatic N) is 2. The zero-order valence-corrected chi connectivity index (χ0v) is 15.3. The summed E-state index contributed by atoms with van der Waals surface area (Å²) in [5.74, 6) is 0. The molecule has 0 spiro atoms. The van der Waals surface area contributed by atoms with Crippen molar-refractivity contribution in [3.05, 3.63) is 28.3 Å². The number of hydrogen-bond donors (Lipinski definition) is 2. The van der Waals surface area contributed by atoms with Crippen LogP contribution in [-0.2, 0) is 10.0 Å². The lowest BCUT2D eigenvalue weighted by Gasteiger charge is -2.27. The summed E-state index contributed by atoms with van der Waals surface area (Å²) in [6.45, 7) is 4.06. The van der Waals surface area contributed by atoms with E-state index < -0.39 is 14.9 Å². The van der Waals surface area contributed by atoms with E-state index in [0.29, 0.717) is 31.6 Å². The first-order chi connectivity index (χ1) is 11.8. The molecule has 0 heterocycles. The van der Waals surface area contributed by atoms with Crippen LogP contribution in [0.15, 0.2) is 23.1 Å². The standard InChI is InChI=1S/C16H25N3O5S/c1-3-18(4-2)25(23,24)14-9-10-15(16(11-14)19(21)22)17-12-5-7-13(20)8-6-12/h9-13,17,20H,3-8H2,1-2H3. The number of sulfonamides is 1. The summed E-state index contributed by atoms with van der Waals surface area (Å²) in [6, 6.07) is 4.01. The normalized spacial score (nSPS) is 21.3. The molecule has 25 heavy (non-hydrogen) atoms. The number of nitrogens with one attached hydrogen (secondary N) is 1. The quantitative estimate of drug-likeness (QED) is 0.562. The van der Waals surface area contributed by atoms with Crippen LogP contribution in [0.25, 0.3) is 0 Å². The molecule has 1 saturated carbocycles. The molecular formula is C16H25N3O5S. The summed E-state index contributed by atoms with van der Waals surface area (Å²) in [5, 5.41) is 24.1. The molecule has 1 aliphatic carbocycles. The van der Waals surface area contributed by atoms with Crippen molar-refractivity contribution in [2.75, 3.05) is 18.4 Å². The van der Waals surface area contributed by atoms with Gasteiger partial charge in [-0.3, -0.25) is 10.1 Å². The van der Waals surface area contributed by atoms with Crippen LogP contribution in [0.4, 0.5) is 11.4 Å². The molecule has 1 aromatic rings. The molecule has 2 rings (SSSR count). The number of nitro groups is 1. The fourth-order valence-electron chi connectivity index (χ4n) is 3.10. The maximum absolute atomic E-state index is 12.6. The Balaban J connectivity index is 2.30. The highest BCUT2D eigenvalue weighted by atomic mass is 32.2. The number of aliphatic hydroxyl groups is 1. The molecule has 2 N–H and O–H groups in total. The van der Waals surface area contributed by atoms with Crippen molar-refractivity contribution in [3.8, 4) is 0 Å². The molecule has 0 amide bonds. The van der Waals surface area contributed by atoms with E-state index in [2.05, 4.69) is 5.32 Å². The Hall–Kier alpha value is -1.71. The Bertz CT molecular complexity index is 710. The van der Waals surface area contributed by atoms with Gasteiger partial charge in [-0.05, 0) is 37.8 Å². The van der Waals surface area contributed by atoms with E-state index in [1.807, 2.05) is 0 Å². The summed E-state index contributed by atoms with van der Waals surface area (Å²) >= 11 is 0. The van der Waals surface area contributed by atoms with Crippen LogP contribution in [0.1, 0.15) is 39.5 Å². The molecule has 0 aromatic heterocycles. The second-order valence-corrected chi connectivity index (χ2v) is 8.11. The van der Waals surface area contributed by atoms with E-state index in [9.17, 15) is 23.6 Å². The van der Waals surface area contributed by atoms with Gasteiger partial charge in [0.05, 0.1) is 15.9 Å². The molecular weight excluding hydrogens is 346 g/mol. The first-order valence-electron chi connectivity index (χ1n) is 8.52. The molecule has 1 fully saturated rings. The number of anilines is 1. The highest BCUT2D eigenvalue weighted by Crippen LogP contribution is 2.31. The molecule has 0 bridgehead atoms. The van der Waals surface area contributed by atoms with Gasteiger partial charge >= 0.3 is 0 Å². The lowest BCUT2D eigenvalue weighted by atomic mass is 9.93. The minimum atomic E-state index is -3.75. The van der Waals surface area contributed by atoms with Gasteiger partial charge in [0.2, 0.25) is 10.0 Å². The molecule has 140 valence electrons. The summed E-state index contributed by atoms with van der Waals surface area (Å²) in [5.41, 5.74) is 0.0595. The Morgan fingerprint density at radius 1 is 1.24 bits per heavy atom. The number of nitro benzene ring substituents is 1. The maximum Gasteiger partial charge on any atom is 0.293 e. The predicted molar refractivity (Wildman–Crippen MR) is 95.1 cm³/mol. The van der Waals surface area contributed by atoms with Gasteiger partial charge in [0.15, 0.2) is 0 Å². The van der Waals surface area contributed by atoms with Crippen molar-refractivity contribution in [1.29, 1.82) is 0 Å². The van der Waals surface area contributed by atoms with E-state index in [-0.39, 0.29) is 22.7 Å². The minimum Gasteiger partial charge on any atom is -0.393 e. The fraction of sp³-hybridized carbons (Fsp3) is 0.625. The number of aliphatic hydroxyl groups excluding tert-OH is 1. The second-order valence-electron chi connectivity index (χ2n) is 6.18. The molecule has 9 heteroatoms. The van der Waals surface area contributed by atoms with Gasteiger partial charge < -0.3 is 10.4 Å². The van der Waals surface area contributed by atoms with Crippen LogP contribution < -0.4 is 5.32 Å². The number of hydrogen-bond acceptors (Lipinski definition) is 6. The Kier molecular flexibility index (Phi) is 6.36. The van der Waals surface area contributed by atoms with Crippen LogP contribution in [-0.4, -0.2) is 48.0 Å². The van der Waals surface area contributed by atoms with Crippen LogP contribution in [0.2, 0.25) is 0 Å². The van der Waals surface area contributed by atoms with Gasteiger partial charge in [0.1, 0.15) is 5.69 Å².